The lowest BCUT2D eigenvalue weighted by Crippen LogP contribution is -2.05. The first-order valence-electron chi connectivity index (χ1n) is 10.1. The third kappa shape index (κ3) is 20.0. The van der Waals surface area contributed by atoms with Crippen molar-refractivity contribution in [3.05, 3.63) is 0 Å². The molecule has 0 aliphatic heterocycles. The van der Waals surface area contributed by atoms with Gasteiger partial charge in [0.05, 0.1) is 6.61 Å². The Morgan fingerprint density at radius 1 is 0.667 bits per heavy atom. The maximum absolute atomic E-state index is 11.6. The summed E-state index contributed by atoms with van der Waals surface area (Å²) >= 11 is 3.43. The van der Waals surface area contributed by atoms with E-state index in [1.165, 1.54) is 70.6 Å². The van der Waals surface area contributed by atoms with Crippen molar-refractivity contribution in [3.8, 4) is 0 Å². The molecule has 0 saturated heterocycles. The van der Waals surface area contributed by atoms with Crippen LogP contribution in [-0.4, -0.2) is 29.6 Å². The van der Waals surface area contributed by atoms with Crippen molar-refractivity contribution in [2.75, 3.05) is 18.5 Å². The van der Waals surface area contributed by atoms with Gasteiger partial charge in [0.15, 0.2) is 0 Å². The molecule has 4 heteroatoms. The summed E-state index contributed by atoms with van der Waals surface area (Å²) in [6, 6.07) is 0. The van der Waals surface area contributed by atoms with Crippen LogP contribution in [0.2, 0.25) is 0 Å². The first-order valence-corrected chi connectivity index (χ1v) is 11.3. The number of carbonyl (C=O) groups excluding carboxylic acids is 1. The first kappa shape index (κ1) is 23.9. The summed E-state index contributed by atoms with van der Waals surface area (Å²) in [4.78, 5) is 11.6. The molecule has 1 N–H and O–H groups in total. The van der Waals surface area contributed by atoms with Gasteiger partial charge in [0.25, 0.3) is 0 Å². The maximum Gasteiger partial charge on any atom is 0.305 e. The van der Waals surface area contributed by atoms with Crippen molar-refractivity contribution in [1.82, 2.24) is 0 Å². The Labute approximate surface area is 158 Å². The molecule has 24 heavy (non-hydrogen) atoms. The number of halogens is 1. The number of hydrogen-bond acceptors (Lipinski definition) is 3. The van der Waals surface area contributed by atoms with Crippen LogP contribution < -0.4 is 0 Å². The highest BCUT2D eigenvalue weighted by Crippen LogP contribution is 2.11. The highest BCUT2D eigenvalue weighted by atomic mass is 79.9. The molecule has 0 aromatic heterocycles. The minimum absolute atomic E-state index is 0.0154. The van der Waals surface area contributed by atoms with Crippen molar-refractivity contribution in [3.63, 3.8) is 0 Å². The molecule has 0 aliphatic rings. The van der Waals surface area contributed by atoms with Crippen LogP contribution in [0.4, 0.5) is 0 Å². The molecule has 0 saturated carbocycles. The lowest BCUT2D eigenvalue weighted by atomic mass is 10.1. The zero-order valence-corrected chi connectivity index (χ0v) is 17.2. The molecule has 0 bridgehead atoms. The molecule has 0 spiro atoms. The number of alkyl halides is 1. The number of carbonyl (C=O) groups is 1. The molecule has 0 amide bonds. The molecule has 0 rings (SSSR count). The van der Waals surface area contributed by atoms with Crippen LogP contribution in [0.3, 0.4) is 0 Å². The van der Waals surface area contributed by atoms with E-state index in [0.29, 0.717) is 19.6 Å². The second kappa shape index (κ2) is 21.0. The smallest absolute Gasteiger partial charge is 0.305 e. The lowest BCUT2D eigenvalue weighted by molar-refractivity contribution is -0.143. The van der Waals surface area contributed by atoms with Gasteiger partial charge in [-0.25, -0.2) is 0 Å². The number of esters is 1. The van der Waals surface area contributed by atoms with Crippen LogP contribution in [0, 0.1) is 0 Å². The van der Waals surface area contributed by atoms with E-state index < -0.39 is 0 Å². The molecule has 0 atom stereocenters. The minimum atomic E-state index is -0.0154. The van der Waals surface area contributed by atoms with Gasteiger partial charge in [-0.1, -0.05) is 86.6 Å². The molecule has 0 aromatic carbocycles. The average molecular weight is 407 g/mol. The summed E-state index contributed by atoms with van der Waals surface area (Å²) in [7, 11) is 0. The van der Waals surface area contributed by atoms with Gasteiger partial charge < -0.3 is 9.84 Å². The van der Waals surface area contributed by atoms with Crippen LogP contribution in [0.5, 0.6) is 0 Å². The van der Waals surface area contributed by atoms with Gasteiger partial charge in [0, 0.05) is 18.4 Å². The van der Waals surface area contributed by atoms with Gasteiger partial charge in [-0.2, -0.15) is 0 Å². The van der Waals surface area contributed by atoms with Gasteiger partial charge >= 0.3 is 5.97 Å². The molecule has 0 aliphatic carbocycles. The van der Waals surface area contributed by atoms with E-state index in [4.69, 9.17) is 9.84 Å². The van der Waals surface area contributed by atoms with E-state index in [9.17, 15) is 4.79 Å². The topological polar surface area (TPSA) is 46.5 Å². The Hall–Kier alpha value is -0.0900. The second-order valence-electron chi connectivity index (χ2n) is 6.69. The summed E-state index contributed by atoms with van der Waals surface area (Å²) < 4.78 is 5.29. The predicted molar refractivity (Wildman–Crippen MR) is 106 cm³/mol. The summed E-state index contributed by atoms with van der Waals surface area (Å²) in [6.45, 7) is 0.936. The van der Waals surface area contributed by atoms with Crippen molar-refractivity contribution >= 4 is 21.9 Å². The highest BCUT2D eigenvalue weighted by molar-refractivity contribution is 9.09. The van der Waals surface area contributed by atoms with E-state index in [1.54, 1.807) is 0 Å². The Balaban J connectivity index is 3.11. The Kier molecular flexibility index (Phi) is 20.9. The number of unbranched alkanes of at least 4 members (excludes halogenated alkanes) is 13. The fourth-order valence-corrected chi connectivity index (χ4v) is 3.18. The van der Waals surface area contributed by atoms with Gasteiger partial charge in [-0.15, -0.1) is 0 Å². The molecule has 0 unspecified atom stereocenters. The number of ether oxygens (including phenoxy) is 1. The first-order chi connectivity index (χ1) is 11.8. The maximum atomic E-state index is 11.6. The number of aliphatic hydroxyl groups excluding tert-OH is 1. The SMILES string of the molecule is O=C(CCCCCCCBr)OCCCCCCCCCCCCO. The minimum Gasteiger partial charge on any atom is -0.466 e. The van der Waals surface area contributed by atoms with Crippen molar-refractivity contribution in [2.45, 2.75) is 103 Å². The van der Waals surface area contributed by atoms with Gasteiger partial charge in [0.1, 0.15) is 0 Å². The van der Waals surface area contributed by atoms with Crippen LogP contribution in [0.25, 0.3) is 0 Å². The zero-order valence-electron chi connectivity index (χ0n) is 15.6. The van der Waals surface area contributed by atoms with Crippen molar-refractivity contribution in [1.29, 1.82) is 0 Å². The van der Waals surface area contributed by atoms with Crippen LogP contribution in [0.1, 0.15) is 103 Å². The van der Waals surface area contributed by atoms with E-state index in [2.05, 4.69) is 15.9 Å². The average Bonchev–Trinajstić information content (AvgIpc) is 2.59. The zero-order chi connectivity index (χ0) is 17.7. The van der Waals surface area contributed by atoms with E-state index >= 15 is 0 Å². The number of rotatable bonds is 19. The normalized spacial score (nSPS) is 10.9. The number of hydrogen-bond donors (Lipinski definition) is 1. The highest BCUT2D eigenvalue weighted by Gasteiger charge is 2.02. The van der Waals surface area contributed by atoms with Crippen LogP contribution in [0.15, 0.2) is 0 Å². The number of aliphatic hydroxyl groups is 1. The Morgan fingerprint density at radius 2 is 1.12 bits per heavy atom. The largest absolute Gasteiger partial charge is 0.466 e. The molecule has 3 nitrogen and oxygen atoms in total. The molecule has 0 aromatic rings. The summed E-state index contributed by atoms with van der Waals surface area (Å²) in [5.41, 5.74) is 0. The van der Waals surface area contributed by atoms with E-state index in [1.807, 2.05) is 0 Å². The van der Waals surface area contributed by atoms with E-state index in [0.717, 1.165) is 31.0 Å². The van der Waals surface area contributed by atoms with Gasteiger partial charge in [0.2, 0.25) is 0 Å². The Bertz CT molecular complexity index is 259. The quantitative estimate of drug-likeness (QED) is 0.158. The molecule has 0 fully saturated rings. The van der Waals surface area contributed by atoms with Gasteiger partial charge in [-0.05, 0) is 25.7 Å². The molecule has 0 heterocycles. The summed E-state index contributed by atoms with van der Waals surface area (Å²) in [5, 5.41) is 9.78. The monoisotopic (exact) mass is 406 g/mol. The predicted octanol–water partition coefficient (Wildman–Crippen LogP) is 6.16. The third-order valence-corrected chi connectivity index (χ3v) is 4.89. The summed E-state index contributed by atoms with van der Waals surface area (Å²) in [5.74, 6) is -0.0154. The third-order valence-electron chi connectivity index (χ3n) is 4.33. The second-order valence-corrected chi connectivity index (χ2v) is 7.48. The standard InChI is InChI=1S/C20H39BrO3/c21-17-13-9-7-8-12-16-20(23)24-19-15-11-6-4-2-1-3-5-10-14-18-22/h22H,1-19H2. The van der Waals surface area contributed by atoms with Crippen molar-refractivity contribution < 1.29 is 14.6 Å². The molecule has 144 valence electrons. The fourth-order valence-electron chi connectivity index (χ4n) is 2.78. The molecular formula is C20H39BrO3. The lowest BCUT2D eigenvalue weighted by Gasteiger charge is -2.05. The molecular weight excluding hydrogens is 368 g/mol. The van der Waals surface area contributed by atoms with Gasteiger partial charge in [-0.3, -0.25) is 4.79 Å². The van der Waals surface area contributed by atoms with Crippen LogP contribution >= 0.6 is 15.9 Å². The molecule has 0 radical (unpaired) electrons. The van der Waals surface area contributed by atoms with E-state index in [-0.39, 0.29) is 5.97 Å². The summed E-state index contributed by atoms with van der Waals surface area (Å²) in [6.07, 6.45) is 18.4. The fraction of sp³-hybridized carbons (Fsp3) is 0.950. The van der Waals surface area contributed by atoms with Crippen molar-refractivity contribution in [2.24, 2.45) is 0 Å². The van der Waals surface area contributed by atoms with Crippen LogP contribution in [-0.2, 0) is 9.53 Å². The Morgan fingerprint density at radius 3 is 1.67 bits per heavy atom.